The van der Waals surface area contributed by atoms with E-state index in [2.05, 4.69) is 50.9 Å². The van der Waals surface area contributed by atoms with Crippen LogP contribution in [0.25, 0.3) is 5.69 Å². The second-order valence-electron chi connectivity index (χ2n) is 8.40. The summed E-state index contributed by atoms with van der Waals surface area (Å²) in [5.74, 6) is 0.853. The summed E-state index contributed by atoms with van der Waals surface area (Å²) < 4.78 is 13.1. The van der Waals surface area contributed by atoms with Crippen molar-refractivity contribution in [2.24, 2.45) is 0 Å². The van der Waals surface area contributed by atoms with Gasteiger partial charge in [0.1, 0.15) is 5.25 Å². The first kappa shape index (κ1) is 22.9. The molecule has 2 aliphatic heterocycles. The van der Waals surface area contributed by atoms with Crippen molar-refractivity contribution in [1.82, 2.24) is 19.7 Å². The quantitative estimate of drug-likeness (QED) is 0.503. The lowest BCUT2D eigenvalue weighted by Gasteiger charge is -2.30. The summed E-state index contributed by atoms with van der Waals surface area (Å²) in [5.41, 5.74) is 3.12. The molecule has 0 aliphatic carbocycles. The molecule has 2 fully saturated rings. The van der Waals surface area contributed by atoms with E-state index < -0.39 is 5.25 Å². The molecule has 5 rings (SSSR count). The third kappa shape index (κ3) is 4.96. The number of carbonyl (C=O) groups excluding carboxylic acids is 1. The smallest absolute Gasteiger partial charge is 0.240 e. The summed E-state index contributed by atoms with van der Waals surface area (Å²) in [7, 11) is 0. The van der Waals surface area contributed by atoms with Crippen LogP contribution < -0.4 is 4.90 Å². The lowest BCUT2D eigenvalue weighted by molar-refractivity contribution is -0.134. The highest BCUT2D eigenvalue weighted by Gasteiger charge is 2.31. The Morgan fingerprint density at radius 1 is 0.882 bits per heavy atom. The van der Waals surface area contributed by atoms with Gasteiger partial charge >= 0.3 is 0 Å². The summed E-state index contributed by atoms with van der Waals surface area (Å²) in [6.45, 7) is 7.24. The molecule has 8 nitrogen and oxygen atoms in total. The predicted molar refractivity (Wildman–Crippen MR) is 132 cm³/mol. The number of morpholine rings is 2. The number of thioether (sulfide) groups is 1. The number of hydrogen-bond donors (Lipinski definition) is 0. The van der Waals surface area contributed by atoms with Crippen LogP contribution in [0.3, 0.4) is 0 Å². The minimum atomic E-state index is -0.426. The van der Waals surface area contributed by atoms with Gasteiger partial charge in [-0.3, -0.25) is 9.36 Å². The Hall–Kier alpha value is -2.88. The Kier molecular flexibility index (Phi) is 7.13. The first-order chi connectivity index (χ1) is 16.7. The molecule has 1 aromatic heterocycles. The number of rotatable bonds is 6. The fraction of sp³-hybridized carbons (Fsp3) is 0.400. The Morgan fingerprint density at radius 3 is 2.21 bits per heavy atom. The van der Waals surface area contributed by atoms with E-state index in [1.807, 2.05) is 35.2 Å². The third-order valence-electron chi connectivity index (χ3n) is 6.08. The normalized spacial score (nSPS) is 17.6. The van der Waals surface area contributed by atoms with Gasteiger partial charge < -0.3 is 19.3 Å². The van der Waals surface area contributed by atoms with Crippen LogP contribution in [0, 0.1) is 6.92 Å². The number of aryl methyl sites for hydroxylation is 1. The molecule has 34 heavy (non-hydrogen) atoms. The highest BCUT2D eigenvalue weighted by Crippen LogP contribution is 2.38. The third-order valence-corrected chi connectivity index (χ3v) is 7.26. The van der Waals surface area contributed by atoms with E-state index in [1.54, 1.807) is 0 Å². The van der Waals surface area contributed by atoms with Gasteiger partial charge in [0.2, 0.25) is 11.9 Å². The molecule has 3 aromatic rings. The van der Waals surface area contributed by atoms with Crippen LogP contribution in [0.15, 0.2) is 59.8 Å². The van der Waals surface area contributed by atoms with E-state index in [4.69, 9.17) is 9.47 Å². The maximum Gasteiger partial charge on any atom is 0.240 e. The van der Waals surface area contributed by atoms with Crippen molar-refractivity contribution < 1.29 is 14.3 Å². The minimum Gasteiger partial charge on any atom is -0.378 e. The van der Waals surface area contributed by atoms with E-state index in [-0.39, 0.29) is 5.91 Å². The molecule has 178 valence electrons. The van der Waals surface area contributed by atoms with Crippen molar-refractivity contribution in [1.29, 1.82) is 0 Å². The second-order valence-corrected chi connectivity index (χ2v) is 9.47. The fourth-order valence-corrected chi connectivity index (χ4v) is 5.30. The number of ether oxygens (including phenoxy) is 2. The number of carbonyl (C=O) groups is 1. The van der Waals surface area contributed by atoms with Gasteiger partial charge in [0.25, 0.3) is 0 Å². The SMILES string of the molecule is Cc1ccc(-n2c(S[C@H](C(=O)N3CCOCC3)c3ccccc3)nnc2N2CCOCC2)cc1. The minimum absolute atomic E-state index is 0.0749. The maximum atomic E-state index is 13.7. The number of hydrogen-bond acceptors (Lipinski definition) is 7. The van der Waals surface area contributed by atoms with E-state index in [1.165, 1.54) is 17.3 Å². The standard InChI is InChI=1S/C25H29N5O3S/c1-19-7-9-21(10-8-19)30-24(29-13-17-33-18-14-29)26-27-25(30)34-22(20-5-3-2-4-6-20)23(31)28-11-15-32-16-12-28/h2-10,22H,11-18H2,1H3/t22-/m0/s1. The monoisotopic (exact) mass is 479 g/mol. The molecule has 1 atom stereocenters. The lowest BCUT2D eigenvalue weighted by Crippen LogP contribution is -2.42. The molecule has 2 saturated heterocycles. The van der Waals surface area contributed by atoms with Crippen LogP contribution >= 0.6 is 11.8 Å². The topological polar surface area (TPSA) is 72.7 Å². The van der Waals surface area contributed by atoms with Crippen molar-refractivity contribution in [2.45, 2.75) is 17.3 Å². The highest BCUT2D eigenvalue weighted by molar-refractivity contribution is 8.00. The number of amides is 1. The Morgan fingerprint density at radius 2 is 1.53 bits per heavy atom. The molecular weight excluding hydrogens is 450 g/mol. The van der Waals surface area contributed by atoms with Crippen molar-refractivity contribution in [3.63, 3.8) is 0 Å². The summed E-state index contributed by atoms with van der Waals surface area (Å²) >= 11 is 1.45. The highest BCUT2D eigenvalue weighted by atomic mass is 32.2. The molecule has 0 saturated carbocycles. The molecule has 3 heterocycles. The number of aromatic nitrogens is 3. The number of benzene rings is 2. The van der Waals surface area contributed by atoms with Gasteiger partial charge in [0.15, 0.2) is 5.16 Å². The molecule has 0 radical (unpaired) electrons. The van der Waals surface area contributed by atoms with Crippen LogP contribution in [0.1, 0.15) is 16.4 Å². The van der Waals surface area contributed by atoms with Crippen LogP contribution in [0.2, 0.25) is 0 Å². The zero-order valence-corrected chi connectivity index (χ0v) is 20.1. The van der Waals surface area contributed by atoms with Gasteiger partial charge in [-0.1, -0.05) is 59.8 Å². The Labute approximate surface area is 203 Å². The van der Waals surface area contributed by atoms with Gasteiger partial charge in [-0.15, -0.1) is 10.2 Å². The Bertz CT molecular complexity index is 1090. The van der Waals surface area contributed by atoms with Gasteiger partial charge in [0, 0.05) is 26.2 Å². The molecule has 0 unspecified atom stereocenters. The molecule has 0 spiro atoms. The van der Waals surface area contributed by atoms with Gasteiger partial charge in [-0.25, -0.2) is 0 Å². The van der Waals surface area contributed by atoms with Crippen LogP contribution in [-0.2, 0) is 14.3 Å². The van der Waals surface area contributed by atoms with E-state index in [9.17, 15) is 4.79 Å². The first-order valence-electron chi connectivity index (χ1n) is 11.6. The summed E-state index contributed by atoms with van der Waals surface area (Å²) in [6, 6.07) is 18.2. The van der Waals surface area contributed by atoms with Crippen LogP contribution in [0.5, 0.6) is 0 Å². The molecule has 1 amide bonds. The van der Waals surface area contributed by atoms with E-state index in [0.717, 1.165) is 30.3 Å². The van der Waals surface area contributed by atoms with Crippen LogP contribution in [0.4, 0.5) is 5.95 Å². The molecule has 0 bridgehead atoms. The molecule has 0 N–H and O–H groups in total. The molecular formula is C25H29N5O3S. The van der Waals surface area contributed by atoms with Crippen molar-refractivity contribution in [2.75, 3.05) is 57.5 Å². The van der Waals surface area contributed by atoms with Crippen molar-refractivity contribution in [3.8, 4) is 5.69 Å². The molecule has 2 aliphatic rings. The van der Waals surface area contributed by atoms with Gasteiger partial charge in [0.05, 0.1) is 32.1 Å². The summed E-state index contributed by atoms with van der Waals surface area (Å²) in [5, 5.41) is 9.43. The van der Waals surface area contributed by atoms with Gasteiger partial charge in [-0.05, 0) is 24.6 Å². The van der Waals surface area contributed by atoms with Crippen LogP contribution in [-0.4, -0.2) is 78.2 Å². The summed E-state index contributed by atoms with van der Waals surface area (Å²) in [4.78, 5) is 17.8. The van der Waals surface area contributed by atoms with E-state index >= 15 is 0 Å². The van der Waals surface area contributed by atoms with Gasteiger partial charge in [-0.2, -0.15) is 0 Å². The zero-order chi connectivity index (χ0) is 23.3. The predicted octanol–water partition coefficient (Wildman–Crippen LogP) is 3.10. The fourth-order valence-electron chi connectivity index (χ4n) is 4.17. The van der Waals surface area contributed by atoms with Crippen molar-refractivity contribution in [3.05, 3.63) is 65.7 Å². The number of nitrogens with zero attached hydrogens (tertiary/aromatic N) is 5. The average Bonchev–Trinajstić information content (AvgIpc) is 3.32. The maximum absolute atomic E-state index is 13.7. The lowest BCUT2D eigenvalue weighted by atomic mass is 10.1. The van der Waals surface area contributed by atoms with Crippen molar-refractivity contribution >= 4 is 23.6 Å². The summed E-state index contributed by atoms with van der Waals surface area (Å²) in [6.07, 6.45) is 0. The number of anilines is 1. The first-order valence-corrected chi connectivity index (χ1v) is 12.5. The second kappa shape index (κ2) is 10.6. The zero-order valence-electron chi connectivity index (χ0n) is 19.3. The molecule has 9 heteroatoms. The molecule has 2 aromatic carbocycles. The largest absolute Gasteiger partial charge is 0.378 e. The Balaban J connectivity index is 1.53. The average molecular weight is 480 g/mol. The van der Waals surface area contributed by atoms with E-state index in [0.29, 0.717) is 44.7 Å².